The molecule has 0 aliphatic carbocycles. The van der Waals surface area contributed by atoms with E-state index >= 15 is 0 Å². The molecule has 0 unspecified atom stereocenters. The summed E-state index contributed by atoms with van der Waals surface area (Å²) >= 11 is 0. The summed E-state index contributed by atoms with van der Waals surface area (Å²) in [4.78, 5) is 24.5. The van der Waals surface area contributed by atoms with E-state index in [0.29, 0.717) is 26.0 Å². The number of unbranched alkanes of at least 4 members (excludes halogenated alkanes) is 28. The van der Waals surface area contributed by atoms with Crippen LogP contribution in [0.3, 0.4) is 0 Å². The van der Waals surface area contributed by atoms with Crippen LogP contribution in [-0.2, 0) is 19.1 Å². The number of rotatable bonds is 35. The molecule has 0 aromatic carbocycles. The molecule has 0 amide bonds. The maximum Gasteiger partial charge on any atom is 0.306 e. The SMILES string of the molecule is CCCCCCCCCCCCCCCCCC(=O)OC[C@@H]1C[C@@H](OC(=O)CCCCCCCCCCCCCCCCC)CN1. The fourth-order valence-electron chi connectivity index (χ4n) is 6.79. The van der Waals surface area contributed by atoms with Gasteiger partial charge in [-0.15, -0.1) is 0 Å². The first-order valence-electron chi connectivity index (χ1n) is 20.7. The van der Waals surface area contributed by atoms with Crippen LogP contribution >= 0.6 is 0 Å². The summed E-state index contributed by atoms with van der Waals surface area (Å²) in [5.74, 6) is -0.169. The van der Waals surface area contributed by atoms with Crippen LogP contribution in [0.1, 0.15) is 226 Å². The molecule has 1 rings (SSSR count). The van der Waals surface area contributed by atoms with Crippen LogP contribution in [0.2, 0.25) is 0 Å². The van der Waals surface area contributed by atoms with E-state index in [-0.39, 0.29) is 24.1 Å². The Morgan fingerprint density at radius 1 is 0.478 bits per heavy atom. The van der Waals surface area contributed by atoms with Gasteiger partial charge in [-0.2, -0.15) is 0 Å². The Labute approximate surface area is 286 Å². The van der Waals surface area contributed by atoms with Crippen molar-refractivity contribution in [2.75, 3.05) is 13.2 Å². The molecule has 0 aromatic heterocycles. The predicted octanol–water partition coefficient (Wildman–Crippen LogP) is 12.3. The Balaban J connectivity index is 1.83. The van der Waals surface area contributed by atoms with Crippen molar-refractivity contribution in [1.29, 1.82) is 0 Å². The molecule has 46 heavy (non-hydrogen) atoms. The summed E-state index contributed by atoms with van der Waals surface area (Å²) in [6.45, 7) is 5.60. The molecule has 1 aliphatic heterocycles. The number of carbonyl (C=O) groups excluding carboxylic acids is 2. The van der Waals surface area contributed by atoms with Crippen molar-refractivity contribution in [3.63, 3.8) is 0 Å². The summed E-state index contributed by atoms with van der Waals surface area (Å²) in [6.07, 6.45) is 41.5. The van der Waals surface area contributed by atoms with Crippen molar-refractivity contribution in [3.05, 3.63) is 0 Å². The van der Waals surface area contributed by atoms with E-state index in [0.717, 1.165) is 32.1 Å². The van der Waals surface area contributed by atoms with Crippen LogP contribution in [0.4, 0.5) is 0 Å². The highest BCUT2D eigenvalue weighted by molar-refractivity contribution is 5.69. The number of hydrogen-bond acceptors (Lipinski definition) is 5. The van der Waals surface area contributed by atoms with Gasteiger partial charge in [-0.25, -0.2) is 0 Å². The van der Waals surface area contributed by atoms with E-state index in [1.807, 2.05) is 0 Å². The Bertz CT molecular complexity index is 669. The summed E-state index contributed by atoms with van der Waals surface area (Å²) in [5, 5.41) is 3.36. The zero-order valence-corrected chi connectivity index (χ0v) is 31.0. The maximum atomic E-state index is 12.3. The van der Waals surface area contributed by atoms with Crippen molar-refractivity contribution >= 4 is 11.9 Å². The van der Waals surface area contributed by atoms with Gasteiger partial charge < -0.3 is 14.8 Å². The fraction of sp³-hybridized carbons (Fsp3) is 0.951. The minimum absolute atomic E-state index is 0.0766. The molecule has 5 nitrogen and oxygen atoms in total. The van der Waals surface area contributed by atoms with Gasteiger partial charge in [0.1, 0.15) is 12.7 Å². The van der Waals surface area contributed by atoms with E-state index in [2.05, 4.69) is 19.2 Å². The van der Waals surface area contributed by atoms with E-state index in [9.17, 15) is 9.59 Å². The van der Waals surface area contributed by atoms with Gasteiger partial charge in [0.2, 0.25) is 0 Å². The normalized spacial score (nSPS) is 16.2. The van der Waals surface area contributed by atoms with Crippen molar-refractivity contribution in [1.82, 2.24) is 5.32 Å². The lowest BCUT2D eigenvalue weighted by Crippen LogP contribution is -2.28. The molecule has 0 radical (unpaired) electrons. The third-order valence-corrected chi connectivity index (χ3v) is 9.89. The zero-order valence-electron chi connectivity index (χ0n) is 31.0. The van der Waals surface area contributed by atoms with Crippen LogP contribution < -0.4 is 5.32 Å². The predicted molar refractivity (Wildman–Crippen MR) is 196 cm³/mol. The molecular weight excluding hydrogens is 570 g/mol. The van der Waals surface area contributed by atoms with Crippen LogP contribution in [-0.4, -0.2) is 37.2 Å². The highest BCUT2D eigenvalue weighted by Gasteiger charge is 2.27. The second-order valence-electron chi connectivity index (χ2n) is 14.5. The first kappa shape index (κ1) is 42.9. The highest BCUT2D eigenvalue weighted by Crippen LogP contribution is 2.17. The van der Waals surface area contributed by atoms with Crippen LogP contribution in [0.5, 0.6) is 0 Å². The van der Waals surface area contributed by atoms with Crippen LogP contribution in [0.15, 0.2) is 0 Å². The van der Waals surface area contributed by atoms with Crippen molar-refractivity contribution in [2.45, 2.75) is 238 Å². The Morgan fingerprint density at radius 2 is 0.804 bits per heavy atom. The summed E-state index contributed by atoms with van der Waals surface area (Å²) in [6, 6.07) is 0.0913. The van der Waals surface area contributed by atoms with Gasteiger partial charge in [-0.05, 0) is 12.8 Å². The Morgan fingerprint density at radius 3 is 1.17 bits per heavy atom. The lowest BCUT2D eigenvalue weighted by molar-refractivity contribution is -0.149. The van der Waals surface area contributed by atoms with Gasteiger partial charge in [-0.3, -0.25) is 9.59 Å². The molecule has 1 fully saturated rings. The summed E-state index contributed by atoms with van der Waals surface area (Å²) in [7, 11) is 0. The lowest BCUT2D eigenvalue weighted by Gasteiger charge is -2.12. The molecule has 1 heterocycles. The highest BCUT2D eigenvalue weighted by atomic mass is 16.5. The molecule has 1 N–H and O–H groups in total. The van der Waals surface area contributed by atoms with E-state index in [4.69, 9.17) is 9.47 Å². The largest absolute Gasteiger partial charge is 0.464 e. The quantitative estimate of drug-likeness (QED) is 0.0546. The van der Waals surface area contributed by atoms with Gasteiger partial charge >= 0.3 is 11.9 Å². The molecule has 0 bridgehead atoms. The minimum Gasteiger partial charge on any atom is -0.464 e. The number of ether oxygens (including phenoxy) is 2. The molecule has 272 valence electrons. The molecule has 1 aliphatic rings. The number of nitrogens with one attached hydrogen (secondary N) is 1. The number of carbonyl (C=O) groups is 2. The average molecular weight is 650 g/mol. The van der Waals surface area contributed by atoms with Gasteiger partial charge in [0.15, 0.2) is 0 Å². The average Bonchev–Trinajstić information content (AvgIpc) is 3.50. The molecule has 0 spiro atoms. The monoisotopic (exact) mass is 650 g/mol. The Kier molecular flexibility index (Phi) is 31.5. The van der Waals surface area contributed by atoms with Gasteiger partial charge in [0.25, 0.3) is 0 Å². The first-order chi connectivity index (χ1) is 22.7. The second-order valence-corrected chi connectivity index (χ2v) is 14.5. The standard InChI is InChI=1S/C41H79NO4/c1-3-5-7-9-11-13-15-17-19-21-23-25-27-29-31-33-40(43)45-37-38-35-39(36-42-38)46-41(44)34-32-30-28-26-24-22-20-18-16-14-12-10-8-6-4-2/h38-39,42H,3-37H2,1-2H3/t38-,39+/m0/s1. The second kappa shape index (κ2) is 33.8. The van der Waals surface area contributed by atoms with Crippen molar-refractivity contribution in [3.8, 4) is 0 Å². The Hall–Kier alpha value is -1.10. The number of hydrogen-bond donors (Lipinski definition) is 1. The van der Waals surface area contributed by atoms with E-state index in [1.165, 1.54) is 167 Å². The van der Waals surface area contributed by atoms with Crippen molar-refractivity contribution in [2.24, 2.45) is 0 Å². The van der Waals surface area contributed by atoms with Crippen molar-refractivity contribution < 1.29 is 19.1 Å². The van der Waals surface area contributed by atoms with E-state index < -0.39 is 0 Å². The van der Waals surface area contributed by atoms with Gasteiger partial charge in [-0.1, -0.05) is 194 Å². The molecular formula is C41H79NO4. The molecule has 2 atom stereocenters. The summed E-state index contributed by atoms with van der Waals surface area (Å²) in [5.41, 5.74) is 0. The molecule has 0 aromatic rings. The van der Waals surface area contributed by atoms with E-state index in [1.54, 1.807) is 0 Å². The molecule has 0 saturated carbocycles. The third kappa shape index (κ3) is 29.1. The number of esters is 2. The molecule has 5 heteroatoms. The third-order valence-electron chi connectivity index (χ3n) is 9.89. The molecule has 1 saturated heterocycles. The summed E-state index contributed by atoms with van der Waals surface area (Å²) < 4.78 is 11.2. The topological polar surface area (TPSA) is 64.6 Å². The van der Waals surface area contributed by atoms with Crippen LogP contribution in [0.25, 0.3) is 0 Å². The zero-order chi connectivity index (χ0) is 33.2. The van der Waals surface area contributed by atoms with Crippen LogP contribution in [0, 0.1) is 0 Å². The fourth-order valence-corrected chi connectivity index (χ4v) is 6.79. The van der Waals surface area contributed by atoms with Gasteiger partial charge in [0, 0.05) is 31.8 Å². The first-order valence-corrected chi connectivity index (χ1v) is 20.7. The van der Waals surface area contributed by atoms with Gasteiger partial charge in [0.05, 0.1) is 0 Å². The minimum atomic E-state index is -0.0944. The smallest absolute Gasteiger partial charge is 0.306 e. The lowest BCUT2D eigenvalue weighted by atomic mass is 10.0. The maximum absolute atomic E-state index is 12.3.